The molecule has 224 valence electrons. The molecule has 5 heteroatoms. The number of ketones is 2. The van der Waals surface area contributed by atoms with E-state index in [4.69, 9.17) is 0 Å². The average Bonchev–Trinajstić information content (AvgIpc) is 2.85. The van der Waals surface area contributed by atoms with E-state index in [0.717, 1.165) is 56.9 Å². The molecule has 0 spiro atoms. The zero-order chi connectivity index (χ0) is 30.9. The fourth-order valence-corrected chi connectivity index (χ4v) is 8.05. The van der Waals surface area contributed by atoms with Gasteiger partial charge in [-0.3, -0.25) is 14.4 Å². The predicted octanol–water partition coefficient (Wildman–Crippen LogP) is 8.15. The van der Waals surface area contributed by atoms with Gasteiger partial charge < -0.3 is 5.32 Å². The highest BCUT2D eigenvalue weighted by molar-refractivity contribution is 6.04. The molecule has 0 aromatic rings. The minimum atomic E-state index is -0.695. The molecule has 5 nitrogen and oxygen atoms in total. The molecule has 0 heterocycles. The molecule has 0 radical (unpaired) electrons. The van der Waals surface area contributed by atoms with Gasteiger partial charge in [-0.2, -0.15) is 5.26 Å². The maximum absolute atomic E-state index is 13.3. The number of nitrogens with one attached hydrogen (secondary N) is 1. The summed E-state index contributed by atoms with van der Waals surface area (Å²) in [4.78, 5) is 39.2. The van der Waals surface area contributed by atoms with E-state index in [-0.39, 0.29) is 45.2 Å². The lowest BCUT2D eigenvalue weighted by Gasteiger charge is -2.61. The van der Waals surface area contributed by atoms with Gasteiger partial charge in [0, 0.05) is 23.3 Å². The van der Waals surface area contributed by atoms with Crippen LogP contribution in [0.5, 0.6) is 0 Å². The molecule has 4 atom stereocenters. The van der Waals surface area contributed by atoms with Crippen molar-refractivity contribution in [3.63, 3.8) is 0 Å². The van der Waals surface area contributed by atoms with E-state index in [1.54, 1.807) is 20.0 Å². The molecule has 2 rings (SSSR count). The number of fused-ring (bicyclic) bond motifs is 1. The van der Waals surface area contributed by atoms with Gasteiger partial charge in [0.1, 0.15) is 6.07 Å². The van der Waals surface area contributed by atoms with Gasteiger partial charge in [0.2, 0.25) is 5.91 Å². The molecule has 0 aliphatic heterocycles. The van der Waals surface area contributed by atoms with Crippen LogP contribution in [0.3, 0.4) is 0 Å². The first-order valence-corrected chi connectivity index (χ1v) is 15.3. The van der Waals surface area contributed by atoms with Crippen LogP contribution in [0.1, 0.15) is 128 Å². The van der Waals surface area contributed by atoms with Crippen LogP contribution in [0.15, 0.2) is 23.3 Å². The van der Waals surface area contributed by atoms with Crippen molar-refractivity contribution in [1.82, 2.24) is 5.32 Å². The number of nitriles is 1. The molecular weight excluding hydrogens is 496 g/mol. The lowest BCUT2D eigenvalue weighted by molar-refractivity contribution is -0.132. The molecule has 1 N–H and O–H groups in total. The smallest absolute Gasteiger partial charge is 0.225 e. The monoisotopic (exact) mass is 552 g/mol. The van der Waals surface area contributed by atoms with Crippen molar-refractivity contribution in [2.45, 2.75) is 128 Å². The van der Waals surface area contributed by atoms with Gasteiger partial charge in [-0.25, -0.2) is 0 Å². The second kappa shape index (κ2) is 11.6. The summed E-state index contributed by atoms with van der Waals surface area (Å²) in [6.07, 6.45) is 11.0. The Hall–Kier alpha value is -2.22. The lowest BCUT2D eigenvalue weighted by atomic mass is 9.42. The molecule has 1 saturated carbocycles. The summed E-state index contributed by atoms with van der Waals surface area (Å²) in [6.45, 7) is 23.3. The van der Waals surface area contributed by atoms with Crippen LogP contribution in [-0.2, 0) is 14.4 Å². The van der Waals surface area contributed by atoms with E-state index >= 15 is 0 Å². The first kappa shape index (κ1) is 34.0. The lowest BCUT2D eigenvalue weighted by Crippen LogP contribution is -2.55. The molecular formula is C35H56N2O3. The summed E-state index contributed by atoms with van der Waals surface area (Å²) < 4.78 is 0. The van der Waals surface area contributed by atoms with Crippen LogP contribution < -0.4 is 5.32 Å². The fraction of sp³-hybridized carbons (Fsp3) is 0.771. The van der Waals surface area contributed by atoms with Crippen molar-refractivity contribution < 1.29 is 14.4 Å². The fourth-order valence-electron chi connectivity index (χ4n) is 8.05. The highest BCUT2D eigenvalue weighted by Crippen LogP contribution is 2.67. The standard InChI is InChI=1S/C35H56N2O3/c1-13-15-30(3,4)17-19-33(9,29(40)37-12)20-18-31(5,6)35(11)16-14-26-32(7,8)28(39)25(23-36)22-34(26,10)27(35)21-24(2)38/h21-22,26H,13-20H2,1-12H3,(H,37,40)/b27-21-/t26-,33-,34-,35+/m0/s1. The van der Waals surface area contributed by atoms with Crippen molar-refractivity contribution in [2.75, 3.05) is 7.05 Å². The first-order valence-electron chi connectivity index (χ1n) is 15.3. The third-order valence-electron chi connectivity index (χ3n) is 11.3. The maximum Gasteiger partial charge on any atom is 0.225 e. The topological polar surface area (TPSA) is 87.0 Å². The van der Waals surface area contributed by atoms with Gasteiger partial charge in [-0.15, -0.1) is 0 Å². The summed E-state index contributed by atoms with van der Waals surface area (Å²) >= 11 is 0. The third kappa shape index (κ3) is 6.17. The molecule has 2 aliphatic carbocycles. The number of hydrogen-bond acceptors (Lipinski definition) is 4. The van der Waals surface area contributed by atoms with Crippen molar-refractivity contribution in [2.24, 2.45) is 38.4 Å². The molecule has 2 aliphatic rings. The van der Waals surface area contributed by atoms with E-state index in [9.17, 15) is 19.6 Å². The highest BCUT2D eigenvalue weighted by Gasteiger charge is 2.61. The number of amides is 1. The number of carbonyl (C=O) groups is 3. The molecule has 0 saturated heterocycles. The van der Waals surface area contributed by atoms with Crippen LogP contribution in [0, 0.1) is 49.7 Å². The van der Waals surface area contributed by atoms with Crippen molar-refractivity contribution >= 4 is 17.5 Å². The quantitative estimate of drug-likeness (QED) is 0.262. The Balaban J connectivity index is 2.55. The van der Waals surface area contributed by atoms with Crippen LogP contribution >= 0.6 is 0 Å². The summed E-state index contributed by atoms with van der Waals surface area (Å²) in [5.41, 5.74) is -0.982. The summed E-state index contributed by atoms with van der Waals surface area (Å²) in [6, 6.07) is 2.16. The normalized spacial score (nSPS) is 29.2. The van der Waals surface area contributed by atoms with Crippen LogP contribution in [-0.4, -0.2) is 24.5 Å². The second-order valence-corrected chi connectivity index (χ2v) is 15.5. The maximum atomic E-state index is 13.3. The van der Waals surface area contributed by atoms with Crippen molar-refractivity contribution in [3.8, 4) is 6.07 Å². The van der Waals surface area contributed by atoms with E-state index in [1.807, 2.05) is 19.9 Å². The highest BCUT2D eigenvalue weighted by atomic mass is 16.2. The average molecular weight is 553 g/mol. The van der Waals surface area contributed by atoms with Gasteiger partial charge in [0.05, 0.1) is 5.57 Å². The van der Waals surface area contributed by atoms with Crippen molar-refractivity contribution in [3.05, 3.63) is 23.3 Å². The van der Waals surface area contributed by atoms with E-state index in [1.165, 1.54) is 0 Å². The van der Waals surface area contributed by atoms with E-state index in [2.05, 4.69) is 66.8 Å². The number of Topliss-reactive ketones (excluding diaryl/α,β-unsaturated/α-hetero) is 1. The number of hydrogen-bond donors (Lipinski definition) is 1. The third-order valence-corrected chi connectivity index (χ3v) is 11.3. The number of nitrogens with zero attached hydrogens (tertiary/aromatic N) is 1. The van der Waals surface area contributed by atoms with Crippen molar-refractivity contribution in [1.29, 1.82) is 5.26 Å². The Morgan fingerprint density at radius 1 is 1.05 bits per heavy atom. The summed E-state index contributed by atoms with van der Waals surface area (Å²) in [5, 5.41) is 12.8. The molecule has 1 fully saturated rings. The Bertz CT molecular complexity index is 1120. The number of carbonyl (C=O) groups excluding carboxylic acids is 3. The zero-order valence-electron chi connectivity index (χ0n) is 27.6. The Morgan fingerprint density at radius 2 is 1.62 bits per heavy atom. The molecule has 0 unspecified atom stereocenters. The number of allylic oxidation sites excluding steroid dienone is 4. The zero-order valence-corrected chi connectivity index (χ0v) is 27.6. The Labute approximate surface area is 244 Å². The minimum Gasteiger partial charge on any atom is -0.359 e. The van der Waals surface area contributed by atoms with E-state index in [0.29, 0.717) is 0 Å². The van der Waals surface area contributed by atoms with Crippen LogP contribution in [0.4, 0.5) is 0 Å². The predicted molar refractivity (Wildman–Crippen MR) is 163 cm³/mol. The Morgan fingerprint density at radius 3 is 2.12 bits per heavy atom. The summed E-state index contributed by atoms with van der Waals surface area (Å²) in [7, 11) is 1.73. The van der Waals surface area contributed by atoms with Gasteiger partial charge in [-0.1, -0.05) is 87.3 Å². The van der Waals surface area contributed by atoms with Gasteiger partial charge >= 0.3 is 0 Å². The van der Waals surface area contributed by atoms with E-state index < -0.39 is 16.2 Å². The minimum absolute atomic E-state index is 0.00370. The first-order chi connectivity index (χ1) is 18.2. The SMILES string of the molecule is CCCC(C)(C)CC[C@@](C)(CCC(C)(C)[C@]1(C)CC[C@H]2C(C)(C)C(=O)C(C#N)=C[C@]2(C)/C1=C/C(C)=O)C(=O)NC. The molecule has 0 aromatic heterocycles. The van der Waals surface area contributed by atoms with Crippen LogP contribution in [0.2, 0.25) is 0 Å². The largest absolute Gasteiger partial charge is 0.359 e. The van der Waals surface area contributed by atoms with Gasteiger partial charge in [-0.05, 0) is 80.1 Å². The molecule has 0 bridgehead atoms. The van der Waals surface area contributed by atoms with Gasteiger partial charge in [0.15, 0.2) is 11.6 Å². The van der Waals surface area contributed by atoms with Gasteiger partial charge in [0.25, 0.3) is 0 Å². The summed E-state index contributed by atoms with van der Waals surface area (Å²) in [5.74, 6) is -0.0372. The van der Waals surface area contributed by atoms with Crippen LogP contribution in [0.25, 0.3) is 0 Å². The molecule has 0 aromatic carbocycles. The second-order valence-electron chi connectivity index (χ2n) is 15.5. The molecule has 40 heavy (non-hydrogen) atoms. The molecule has 1 amide bonds. The number of rotatable bonds is 11. The Kier molecular flexibility index (Phi) is 9.83.